The van der Waals surface area contributed by atoms with E-state index in [2.05, 4.69) is 168 Å². The van der Waals surface area contributed by atoms with E-state index in [0.29, 0.717) is 0 Å². The maximum Gasteiger partial charge on any atom is 0.153 e. The van der Waals surface area contributed by atoms with Gasteiger partial charge in [-0.15, -0.1) is 0 Å². The summed E-state index contributed by atoms with van der Waals surface area (Å²) in [5.74, 6) is 2.53. The van der Waals surface area contributed by atoms with Gasteiger partial charge in [-0.3, -0.25) is 4.57 Å². The molecule has 11 rings (SSSR count). The summed E-state index contributed by atoms with van der Waals surface area (Å²) in [6.45, 7) is 0. The fraction of sp³-hybridized carbons (Fsp3) is 0. The Balaban J connectivity index is 1.15. The molecule has 0 N–H and O–H groups in total. The number of aromatic nitrogens is 2. The second-order valence-corrected chi connectivity index (χ2v) is 13.5. The summed E-state index contributed by atoms with van der Waals surface area (Å²) in [6.07, 6.45) is 0. The summed E-state index contributed by atoms with van der Waals surface area (Å²) in [5, 5.41) is 7.41. The van der Waals surface area contributed by atoms with Crippen molar-refractivity contribution in [3.8, 4) is 62.0 Å². The first-order valence-electron chi connectivity index (χ1n) is 17.7. The molecule has 0 bridgehead atoms. The first-order valence-corrected chi connectivity index (χ1v) is 17.7. The molecule has 2 heterocycles. The maximum absolute atomic E-state index is 6.66. The highest BCUT2D eigenvalue weighted by atomic mass is 16.5. The molecule has 0 aliphatic carbocycles. The molecule has 52 heavy (non-hydrogen) atoms. The summed E-state index contributed by atoms with van der Waals surface area (Å²) >= 11 is 0. The number of benzene rings is 9. The van der Waals surface area contributed by atoms with E-state index in [1.807, 2.05) is 18.2 Å². The molecular formula is C49H30N2O. The zero-order valence-corrected chi connectivity index (χ0v) is 28.1. The summed E-state index contributed by atoms with van der Waals surface area (Å²) in [4.78, 5) is 5.07. The lowest BCUT2D eigenvalue weighted by molar-refractivity contribution is 0.476. The van der Waals surface area contributed by atoms with Crippen molar-refractivity contribution in [2.75, 3.05) is 0 Å². The molecule has 0 fully saturated rings. The number of para-hydroxylation sites is 1. The average Bonchev–Trinajstić information content (AvgIpc) is 3.61. The predicted molar refractivity (Wildman–Crippen MR) is 215 cm³/mol. The van der Waals surface area contributed by atoms with Crippen LogP contribution in [0, 0.1) is 0 Å². The quantitative estimate of drug-likeness (QED) is 0.175. The molecule has 0 saturated carbocycles. The molecule has 9 aromatic carbocycles. The minimum absolute atomic E-state index is 0.811. The van der Waals surface area contributed by atoms with Gasteiger partial charge in [-0.25, -0.2) is 4.98 Å². The van der Waals surface area contributed by atoms with Crippen LogP contribution in [0.15, 0.2) is 182 Å². The Morgan fingerprint density at radius 2 is 1.02 bits per heavy atom. The standard InChI is InChI=1S/C49H30N2O/c1-3-13-32(14-4-1)46-38-18-9-10-19-39(38)47(37-23-22-31-12-7-8-17-34(31)28-37)41-29-35(24-26-40(41)46)36-25-27-43-45(30-36)52-44-21-11-20-42-48(44)51(43)49(50-42)33-15-5-2-6-16-33/h1-30H. The molecule has 0 atom stereocenters. The number of hydrogen-bond donors (Lipinski definition) is 0. The van der Waals surface area contributed by atoms with Gasteiger partial charge in [-0.05, 0) is 102 Å². The lowest BCUT2D eigenvalue weighted by Crippen LogP contribution is -2.06. The zero-order chi connectivity index (χ0) is 34.2. The summed E-state index contributed by atoms with van der Waals surface area (Å²) < 4.78 is 8.91. The first kappa shape index (κ1) is 28.8. The van der Waals surface area contributed by atoms with E-state index in [-0.39, 0.29) is 0 Å². The normalized spacial score (nSPS) is 12.0. The molecule has 0 amide bonds. The van der Waals surface area contributed by atoms with Gasteiger partial charge in [0.25, 0.3) is 0 Å². The number of hydrogen-bond acceptors (Lipinski definition) is 2. The molecule has 242 valence electrons. The maximum atomic E-state index is 6.66. The highest BCUT2D eigenvalue weighted by Crippen LogP contribution is 2.47. The second kappa shape index (κ2) is 11.3. The Morgan fingerprint density at radius 3 is 1.83 bits per heavy atom. The van der Waals surface area contributed by atoms with E-state index in [4.69, 9.17) is 9.72 Å². The van der Waals surface area contributed by atoms with Gasteiger partial charge in [0.05, 0.1) is 11.2 Å². The Bertz CT molecular complexity index is 3030. The molecule has 3 heteroatoms. The van der Waals surface area contributed by atoms with Gasteiger partial charge >= 0.3 is 0 Å². The van der Waals surface area contributed by atoms with E-state index in [1.165, 1.54) is 54.6 Å². The van der Waals surface area contributed by atoms with E-state index >= 15 is 0 Å². The number of rotatable bonds is 4. The van der Waals surface area contributed by atoms with E-state index in [1.54, 1.807) is 0 Å². The summed E-state index contributed by atoms with van der Waals surface area (Å²) in [5.41, 5.74) is 11.1. The van der Waals surface area contributed by atoms with Crippen LogP contribution in [0.4, 0.5) is 0 Å². The highest BCUT2D eigenvalue weighted by molar-refractivity contribution is 6.22. The zero-order valence-electron chi connectivity index (χ0n) is 28.1. The summed E-state index contributed by atoms with van der Waals surface area (Å²) in [6, 6.07) is 65.1. The van der Waals surface area contributed by atoms with Crippen LogP contribution < -0.4 is 4.74 Å². The number of ether oxygens (including phenoxy) is 1. The van der Waals surface area contributed by atoms with Gasteiger partial charge < -0.3 is 4.74 Å². The smallest absolute Gasteiger partial charge is 0.153 e. The topological polar surface area (TPSA) is 27.1 Å². The van der Waals surface area contributed by atoms with Crippen molar-refractivity contribution in [3.63, 3.8) is 0 Å². The number of fused-ring (bicyclic) bond motifs is 5. The van der Waals surface area contributed by atoms with Gasteiger partial charge in [0.1, 0.15) is 11.3 Å². The van der Waals surface area contributed by atoms with Crippen LogP contribution in [0.3, 0.4) is 0 Å². The fourth-order valence-corrected chi connectivity index (χ4v) is 8.20. The first-order chi connectivity index (χ1) is 25.8. The Hall–Kier alpha value is -6.97. The lowest BCUT2D eigenvalue weighted by atomic mass is 9.84. The molecule has 10 aromatic rings. The lowest BCUT2D eigenvalue weighted by Gasteiger charge is -2.22. The van der Waals surface area contributed by atoms with E-state index < -0.39 is 0 Å². The molecular weight excluding hydrogens is 633 g/mol. The molecule has 1 aliphatic heterocycles. The Morgan fingerprint density at radius 1 is 0.385 bits per heavy atom. The van der Waals surface area contributed by atoms with Crippen molar-refractivity contribution in [2.45, 2.75) is 0 Å². The van der Waals surface area contributed by atoms with Gasteiger partial charge in [-0.1, -0.05) is 146 Å². The van der Waals surface area contributed by atoms with Crippen molar-refractivity contribution in [1.82, 2.24) is 9.55 Å². The second-order valence-electron chi connectivity index (χ2n) is 13.5. The minimum atomic E-state index is 0.811. The van der Waals surface area contributed by atoms with Gasteiger partial charge in [0, 0.05) is 5.56 Å². The molecule has 0 saturated heterocycles. The third-order valence-electron chi connectivity index (χ3n) is 10.6. The van der Waals surface area contributed by atoms with Gasteiger partial charge in [0.2, 0.25) is 0 Å². The van der Waals surface area contributed by atoms with Crippen LogP contribution in [-0.2, 0) is 0 Å². The highest BCUT2D eigenvalue weighted by Gasteiger charge is 2.26. The van der Waals surface area contributed by atoms with E-state index in [9.17, 15) is 0 Å². The molecule has 3 nitrogen and oxygen atoms in total. The van der Waals surface area contributed by atoms with Crippen LogP contribution in [0.25, 0.3) is 93.8 Å². The van der Waals surface area contributed by atoms with Crippen LogP contribution in [0.1, 0.15) is 0 Å². The van der Waals surface area contributed by atoms with Crippen molar-refractivity contribution < 1.29 is 4.74 Å². The number of imidazole rings is 1. The van der Waals surface area contributed by atoms with E-state index in [0.717, 1.165) is 50.7 Å². The van der Waals surface area contributed by atoms with Gasteiger partial charge in [0.15, 0.2) is 11.5 Å². The van der Waals surface area contributed by atoms with Crippen LogP contribution in [0.5, 0.6) is 11.5 Å². The summed E-state index contributed by atoms with van der Waals surface area (Å²) in [7, 11) is 0. The largest absolute Gasteiger partial charge is 0.453 e. The number of nitrogens with zero attached hydrogens (tertiary/aromatic N) is 2. The third-order valence-corrected chi connectivity index (χ3v) is 10.6. The third kappa shape index (κ3) is 4.36. The monoisotopic (exact) mass is 662 g/mol. The van der Waals surface area contributed by atoms with Crippen molar-refractivity contribution in [1.29, 1.82) is 0 Å². The SMILES string of the molecule is c1ccc(-c2c3ccccc3c(-c3ccc4ccccc4c3)c3cc(-c4ccc5c(c4)Oc4cccc6nc(-c7ccccc7)n-5c46)ccc23)cc1. The van der Waals surface area contributed by atoms with Gasteiger partial charge in [-0.2, -0.15) is 0 Å². The Labute approximate surface area is 300 Å². The van der Waals surface area contributed by atoms with Crippen molar-refractivity contribution in [2.24, 2.45) is 0 Å². The van der Waals surface area contributed by atoms with Crippen LogP contribution in [-0.4, -0.2) is 9.55 Å². The van der Waals surface area contributed by atoms with Crippen molar-refractivity contribution >= 4 is 43.4 Å². The predicted octanol–water partition coefficient (Wildman–Crippen LogP) is 13.3. The minimum Gasteiger partial charge on any atom is -0.453 e. The molecule has 0 radical (unpaired) electrons. The Kier molecular flexibility index (Phi) is 6.25. The fourth-order valence-electron chi connectivity index (χ4n) is 8.20. The average molecular weight is 663 g/mol. The van der Waals surface area contributed by atoms with Crippen LogP contribution >= 0.6 is 0 Å². The molecule has 0 unspecified atom stereocenters. The molecule has 1 aromatic heterocycles. The molecule has 0 spiro atoms. The molecule has 1 aliphatic rings. The van der Waals surface area contributed by atoms with Crippen LogP contribution in [0.2, 0.25) is 0 Å². The van der Waals surface area contributed by atoms with Crippen molar-refractivity contribution in [3.05, 3.63) is 182 Å².